The predicted octanol–water partition coefficient (Wildman–Crippen LogP) is 2.62. The minimum atomic E-state index is -0.161. The van der Waals surface area contributed by atoms with E-state index in [9.17, 15) is 4.79 Å². The van der Waals surface area contributed by atoms with Crippen molar-refractivity contribution in [2.45, 2.75) is 72.8 Å². The molecule has 0 radical (unpaired) electrons. The number of ether oxygens (including phenoxy) is 1. The number of aromatic nitrogens is 2. The number of nitrogens with zero attached hydrogens (tertiary/aromatic N) is 4. The Balaban J connectivity index is 2.08. The van der Waals surface area contributed by atoms with E-state index < -0.39 is 0 Å². The number of nitrogens with two attached hydrogens (primary N) is 1. The monoisotopic (exact) mass is 361 g/mol. The molecule has 2 aliphatic rings. The Bertz CT molecular complexity index is 703. The summed E-state index contributed by atoms with van der Waals surface area (Å²) in [6.07, 6.45) is 0.170. The Morgan fingerprint density at radius 1 is 1.15 bits per heavy atom. The molecular weight excluding hydrogens is 330 g/mol. The topological polar surface area (TPSA) is 84.6 Å². The van der Waals surface area contributed by atoms with Gasteiger partial charge in [-0.3, -0.25) is 4.79 Å². The minimum Gasteiger partial charge on any atom is -0.383 e. The maximum Gasteiger partial charge on any atom is 0.273 e. The fourth-order valence-corrected chi connectivity index (χ4v) is 4.15. The van der Waals surface area contributed by atoms with Gasteiger partial charge in [-0.25, -0.2) is 4.98 Å². The van der Waals surface area contributed by atoms with Crippen molar-refractivity contribution in [1.29, 1.82) is 0 Å². The fourth-order valence-electron chi connectivity index (χ4n) is 4.15. The molecule has 7 nitrogen and oxygen atoms in total. The molecule has 0 saturated carbocycles. The first-order valence-electron chi connectivity index (χ1n) is 9.41. The summed E-state index contributed by atoms with van der Waals surface area (Å²) >= 11 is 0. The van der Waals surface area contributed by atoms with Crippen LogP contribution in [-0.4, -0.2) is 52.1 Å². The lowest BCUT2D eigenvalue weighted by Crippen LogP contribution is -2.46. The molecule has 3 rings (SSSR count). The van der Waals surface area contributed by atoms with E-state index in [0.717, 1.165) is 5.56 Å². The number of morpholine rings is 1. The number of rotatable bonds is 2. The lowest BCUT2D eigenvalue weighted by atomic mass is 9.82. The molecule has 2 aliphatic heterocycles. The highest BCUT2D eigenvalue weighted by Crippen LogP contribution is 2.47. The smallest absolute Gasteiger partial charge is 0.273 e. The van der Waals surface area contributed by atoms with Gasteiger partial charge in [-0.05, 0) is 33.1 Å². The number of hydrogen-bond donors (Lipinski definition) is 1. The Morgan fingerprint density at radius 2 is 1.73 bits per heavy atom. The zero-order chi connectivity index (χ0) is 19.4. The van der Waals surface area contributed by atoms with Crippen molar-refractivity contribution in [3.05, 3.63) is 11.3 Å². The van der Waals surface area contributed by atoms with Crippen LogP contribution in [0.15, 0.2) is 0 Å². The third kappa shape index (κ3) is 3.13. The number of anilines is 2. The van der Waals surface area contributed by atoms with Gasteiger partial charge in [0.1, 0.15) is 11.5 Å². The van der Waals surface area contributed by atoms with E-state index in [1.807, 2.05) is 32.6 Å². The SMILES string of the molecule is CC(C)N1C(=O)c2nc(N3C[C@@H](C)O[C@@H](C)C3)nc(N)c2C1C(C)(C)C. The van der Waals surface area contributed by atoms with Crippen LogP contribution in [0.25, 0.3) is 0 Å². The maximum atomic E-state index is 13.1. The number of nitrogen functional groups attached to an aromatic ring is 1. The van der Waals surface area contributed by atoms with Crippen molar-refractivity contribution < 1.29 is 9.53 Å². The summed E-state index contributed by atoms with van der Waals surface area (Å²) in [6, 6.07) is -0.0613. The molecule has 1 unspecified atom stereocenters. The van der Waals surface area contributed by atoms with Gasteiger partial charge >= 0.3 is 0 Å². The standard InChI is InChI=1S/C19H31N5O2/c1-10(2)24-15(19(5,6)7)13-14(17(24)25)21-18(22-16(13)20)23-8-11(3)26-12(4)9-23/h10-12,15H,8-9H2,1-7H3,(H2,20,21,22)/t11-,12+,15?. The quantitative estimate of drug-likeness (QED) is 0.872. The lowest BCUT2D eigenvalue weighted by Gasteiger charge is -2.38. The van der Waals surface area contributed by atoms with E-state index in [4.69, 9.17) is 10.5 Å². The average molecular weight is 361 g/mol. The summed E-state index contributed by atoms with van der Waals surface area (Å²) in [5.74, 6) is 0.878. The van der Waals surface area contributed by atoms with E-state index in [0.29, 0.717) is 30.5 Å². The maximum absolute atomic E-state index is 13.1. The van der Waals surface area contributed by atoms with Crippen LogP contribution in [0.3, 0.4) is 0 Å². The van der Waals surface area contributed by atoms with E-state index in [1.54, 1.807) is 0 Å². The van der Waals surface area contributed by atoms with Gasteiger partial charge < -0.3 is 20.3 Å². The Morgan fingerprint density at radius 3 is 2.23 bits per heavy atom. The first-order chi connectivity index (χ1) is 12.0. The number of hydrogen-bond acceptors (Lipinski definition) is 6. The van der Waals surface area contributed by atoms with Gasteiger partial charge in [0, 0.05) is 24.7 Å². The van der Waals surface area contributed by atoms with Gasteiger partial charge in [0.15, 0.2) is 0 Å². The zero-order valence-electron chi connectivity index (χ0n) is 16.9. The first kappa shape index (κ1) is 18.9. The summed E-state index contributed by atoms with van der Waals surface area (Å²) in [6.45, 7) is 15.8. The molecule has 2 N–H and O–H groups in total. The van der Waals surface area contributed by atoms with Gasteiger partial charge in [-0.1, -0.05) is 20.8 Å². The summed E-state index contributed by atoms with van der Waals surface area (Å²) in [5.41, 5.74) is 7.44. The third-order valence-corrected chi connectivity index (χ3v) is 5.03. The highest BCUT2D eigenvalue weighted by Gasteiger charge is 2.47. The van der Waals surface area contributed by atoms with E-state index in [1.165, 1.54) is 0 Å². The number of amides is 1. The fraction of sp³-hybridized carbons (Fsp3) is 0.737. The molecule has 3 heterocycles. The molecule has 1 saturated heterocycles. The summed E-state index contributed by atoms with van der Waals surface area (Å²) in [5, 5.41) is 0. The van der Waals surface area contributed by atoms with Crippen LogP contribution in [0.1, 0.15) is 70.6 Å². The zero-order valence-corrected chi connectivity index (χ0v) is 16.9. The van der Waals surface area contributed by atoms with Crippen molar-refractivity contribution in [3.8, 4) is 0 Å². The van der Waals surface area contributed by atoms with Crippen LogP contribution in [0, 0.1) is 5.41 Å². The van der Waals surface area contributed by atoms with Crippen molar-refractivity contribution >= 4 is 17.7 Å². The average Bonchev–Trinajstić information content (AvgIpc) is 2.80. The van der Waals surface area contributed by atoms with Crippen LogP contribution in [0.2, 0.25) is 0 Å². The molecule has 0 aromatic carbocycles. The Hall–Kier alpha value is -1.89. The largest absolute Gasteiger partial charge is 0.383 e. The summed E-state index contributed by atoms with van der Waals surface area (Å²) in [4.78, 5) is 26.4. The van der Waals surface area contributed by atoms with Crippen LogP contribution in [-0.2, 0) is 4.74 Å². The molecular formula is C19H31N5O2. The molecule has 1 amide bonds. The van der Waals surface area contributed by atoms with Crippen LogP contribution in [0.5, 0.6) is 0 Å². The normalized spacial score (nSPS) is 26.6. The molecule has 7 heteroatoms. The second-order valence-corrected chi connectivity index (χ2v) is 8.91. The van der Waals surface area contributed by atoms with Gasteiger partial charge in [0.05, 0.1) is 18.2 Å². The summed E-state index contributed by atoms with van der Waals surface area (Å²) in [7, 11) is 0. The van der Waals surface area contributed by atoms with Crippen molar-refractivity contribution in [2.75, 3.05) is 23.7 Å². The second kappa shape index (κ2) is 6.37. The molecule has 1 aromatic heterocycles. The minimum absolute atomic E-state index is 0.0559. The first-order valence-corrected chi connectivity index (χ1v) is 9.41. The highest BCUT2D eigenvalue weighted by atomic mass is 16.5. The second-order valence-electron chi connectivity index (χ2n) is 8.91. The molecule has 26 heavy (non-hydrogen) atoms. The van der Waals surface area contributed by atoms with Crippen LogP contribution < -0.4 is 10.6 Å². The molecule has 3 atom stereocenters. The number of carbonyl (C=O) groups is 1. The predicted molar refractivity (Wildman–Crippen MR) is 102 cm³/mol. The summed E-state index contributed by atoms with van der Waals surface area (Å²) < 4.78 is 5.79. The van der Waals surface area contributed by atoms with Crippen molar-refractivity contribution in [1.82, 2.24) is 14.9 Å². The molecule has 0 spiro atoms. The van der Waals surface area contributed by atoms with E-state index >= 15 is 0 Å². The van der Waals surface area contributed by atoms with E-state index in [-0.39, 0.29) is 35.6 Å². The molecule has 144 valence electrons. The van der Waals surface area contributed by atoms with Crippen molar-refractivity contribution in [3.63, 3.8) is 0 Å². The molecule has 0 aliphatic carbocycles. The van der Waals surface area contributed by atoms with Crippen LogP contribution in [0.4, 0.5) is 11.8 Å². The van der Waals surface area contributed by atoms with E-state index in [2.05, 4.69) is 35.6 Å². The van der Waals surface area contributed by atoms with Crippen LogP contribution >= 0.6 is 0 Å². The number of carbonyl (C=O) groups excluding carboxylic acids is 1. The van der Waals surface area contributed by atoms with Crippen molar-refractivity contribution in [2.24, 2.45) is 5.41 Å². The third-order valence-electron chi connectivity index (χ3n) is 5.03. The highest BCUT2D eigenvalue weighted by molar-refractivity contribution is 5.99. The van der Waals surface area contributed by atoms with Gasteiger partial charge in [0.25, 0.3) is 5.91 Å². The van der Waals surface area contributed by atoms with Gasteiger partial charge in [-0.15, -0.1) is 0 Å². The van der Waals surface area contributed by atoms with Gasteiger partial charge in [0.2, 0.25) is 5.95 Å². The number of fused-ring (bicyclic) bond motifs is 1. The van der Waals surface area contributed by atoms with Gasteiger partial charge in [-0.2, -0.15) is 4.98 Å². The molecule has 1 fully saturated rings. The Kier molecular flexibility index (Phi) is 4.63. The lowest BCUT2D eigenvalue weighted by molar-refractivity contribution is -0.00571. The molecule has 0 bridgehead atoms. The molecule has 1 aromatic rings. The Labute approximate surface area is 155 Å².